The van der Waals surface area contributed by atoms with Crippen molar-refractivity contribution in [3.63, 3.8) is 0 Å². The van der Waals surface area contributed by atoms with Gasteiger partial charge in [0.2, 0.25) is 0 Å². The zero-order valence-corrected chi connectivity index (χ0v) is 11.5. The van der Waals surface area contributed by atoms with Crippen LogP contribution in [-0.2, 0) is 9.53 Å². The van der Waals surface area contributed by atoms with Crippen LogP contribution in [-0.4, -0.2) is 22.8 Å². The number of esters is 1. The lowest BCUT2D eigenvalue weighted by atomic mass is 9.58. The lowest BCUT2D eigenvalue weighted by molar-refractivity contribution is -0.143. The van der Waals surface area contributed by atoms with Crippen molar-refractivity contribution < 1.29 is 14.6 Å². The molecule has 1 aliphatic heterocycles. The van der Waals surface area contributed by atoms with Gasteiger partial charge in [-0.15, -0.1) is 0 Å². The molecule has 3 nitrogen and oxygen atoms in total. The highest BCUT2D eigenvalue weighted by Gasteiger charge is 2.61. The molecule has 4 atom stereocenters. The van der Waals surface area contributed by atoms with Crippen molar-refractivity contribution in [2.24, 2.45) is 11.3 Å². The zero-order chi connectivity index (χ0) is 13.1. The lowest BCUT2D eigenvalue weighted by Crippen LogP contribution is -2.52. The first-order valence-corrected chi connectivity index (χ1v) is 7.01. The van der Waals surface area contributed by atoms with Gasteiger partial charge >= 0.3 is 5.97 Å². The van der Waals surface area contributed by atoms with Crippen LogP contribution in [0, 0.1) is 11.3 Å². The Labute approximate surface area is 108 Å². The Balaban J connectivity index is 2.10. The molecule has 1 heterocycles. The van der Waals surface area contributed by atoms with Gasteiger partial charge in [-0.25, -0.2) is 0 Å². The van der Waals surface area contributed by atoms with Crippen LogP contribution >= 0.6 is 0 Å². The maximum absolute atomic E-state index is 11.8. The Hall–Kier alpha value is -0.830. The Morgan fingerprint density at radius 1 is 1.33 bits per heavy atom. The number of allylic oxidation sites excluding steroid dienone is 1. The van der Waals surface area contributed by atoms with E-state index in [1.54, 1.807) is 6.92 Å². The van der Waals surface area contributed by atoms with Crippen molar-refractivity contribution >= 4 is 5.97 Å². The summed E-state index contributed by atoms with van der Waals surface area (Å²) in [7, 11) is 0. The van der Waals surface area contributed by atoms with Gasteiger partial charge in [-0.1, -0.05) is 12.5 Å². The van der Waals surface area contributed by atoms with Crippen molar-refractivity contribution in [2.75, 3.05) is 0 Å². The summed E-state index contributed by atoms with van der Waals surface area (Å²) >= 11 is 0. The van der Waals surface area contributed by atoms with E-state index in [4.69, 9.17) is 4.74 Å². The molecule has 0 aromatic carbocycles. The molecule has 100 valence electrons. The SMILES string of the molecule is CC1=C2[C@@H]3OC(=O)C(C)[C@@]3(O)CC[C@@]2(C)CCC1. The van der Waals surface area contributed by atoms with E-state index in [1.807, 2.05) is 0 Å². The standard InChI is InChI=1S/C15H22O3/c1-9-5-4-6-14(3)7-8-15(17)10(2)13(16)18-12(15)11(9)14/h10,12,17H,4-8H2,1-3H3/t10?,12-,14+,15-/m0/s1. The minimum atomic E-state index is -0.968. The number of carbonyl (C=O) groups is 1. The van der Waals surface area contributed by atoms with E-state index in [0.29, 0.717) is 6.42 Å². The third-order valence-corrected chi connectivity index (χ3v) is 5.52. The van der Waals surface area contributed by atoms with Crippen LogP contribution in [0.2, 0.25) is 0 Å². The molecule has 2 aliphatic carbocycles. The summed E-state index contributed by atoms with van der Waals surface area (Å²) in [5.74, 6) is -0.633. The van der Waals surface area contributed by atoms with Crippen molar-refractivity contribution in [3.8, 4) is 0 Å². The smallest absolute Gasteiger partial charge is 0.312 e. The van der Waals surface area contributed by atoms with Gasteiger partial charge in [-0.2, -0.15) is 0 Å². The number of hydrogen-bond donors (Lipinski definition) is 1. The van der Waals surface area contributed by atoms with Gasteiger partial charge in [0.05, 0.1) is 5.92 Å². The number of hydrogen-bond acceptors (Lipinski definition) is 3. The molecule has 1 saturated carbocycles. The van der Waals surface area contributed by atoms with Gasteiger partial charge < -0.3 is 9.84 Å². The van der Waals surface area contributed by atoms with Crippen LogP contribution in [0.25, 0.3) is 0 Å². The van der Waals surface area contributed by atoms with E-state index in [0.717, 1.165) is 19.3 Å². The molecule has 3 heteroatoms. The molecule has 0 aromatic heterocycles. The first kappa shape index (κ1) is 12.2. The maximum atomic E-state index is 11.8. The highest BCUT2D eigenvalue weighted by molar-refractivity contribution is 5.77. The van der Waals surface area contributed by atoms with Gasteiger partial charge in [0.15, 0.2) is 6.10 Å². The molecular formula is C15H22O3. The lowest BCUT2D eigenvalue weighted by Gasteiger charge is -2.49. The molecule has 18 heavy (non-hydrogen) atoms. The van der Waals surface area contributed by atoms with Gasteiger partial charge in [0, 0.05) is 0 Å². The van der Waals surface area contributed by atoms with Gasteiger partial charge in [0.25, 0.3) is 0 Å². The van der Waals surface area contributed by atoms with E-state index in [-0.39, 0.29) is 17.5 Å². The molecule has 1 unspecified atom stereocenters. The van der Waals surface area contributed by atoms with Crippen LogP contribution in [0.3, 0.4) is 0 Å². The summed E-state index contributed by atoms with van der Waals surface area (Å²) in [4.78, 5) is 11.8. The second-order valence-electron chi connectivity index (χ2n) is 6.64. The number of rotatable bonds is 0. The van der Waals surface area contributed by atoms with E-state index < -0.39 is 11.5 Å². The van der Waals surface area contributed by atoms with E-state index in [1.165, 1.54) is 17.6 Å². The van der Waals surface area contributed by atoms with Crippen molar-refractivity contribution in [2.45, 2.75) is 64.6 Å². The van der Waals surface area contributed by atoms with E-state index in [2.05, 4.69) is 13.8 Å². The molecule has 3 aliphatic rings. The summed E-state index contributed by atoms with van der Waals surface area (Å²) < 4.78 is 5.54. The largest absolute Gasteiger partial charge is 0.454 e. The fourth-order valence-corrected chi connectivity index (χ4v) is 4.21. The fraction of sp³-hybridized carbons (Fsp3) is 0.800. The molecule has 0 amide bonds. The van der Waals surface area contributed by atoms with E-state index >= 15 is 0 Å². The minimum absolute atomic E-state index is 0.129. The van der Waals surface area contributed by atoms with Gasteiger partial charge in [0.1, 0.15) is 5.60 Å². The van der Waals surface area contributed by atoms with Crippen molar-refractivity contribution in [3.05, 3.63) is 11.1 Å². The second kappa shape index (κ2) is 3.60. The van der Waals surface area contributed by atoms with E-state index in [9.17, 15) is 9.90 Å². The fourth-order valence-electron chi connectivity index (χ4n) is 4.21. The summed E-state index contributed by atoms with van der Waals surface area (Å²) in [6.45, 7) is 6.19. The number of carbonyl (C=O) groups excluding carboxylic acids is 1. The number of ether oxygens (including phenoxy) is 1. The average molecular weight is 250 g/mol. The molecule has 0 aromatic rings. The molecule has 0 radical (unpaired) electrons. The molecule has 0 bridgehead atoms. The highest BCUT2D eigenvalue weighted by Crippen LogP contribution is 2.56. The predicted molar refractivity (Wildman–Crippen MR) is 67.9 cm³/mol. The Morgan fingerprint density at radius 2 is 2.06 bits per heavy atom. The van der Waals surface area contributed by atoms with Crippen LogP contribution in [0.15, 0.2) is 11.1 Å². The average Bonchev–Trinajstić information content (AvgIpc) is 2.53. The molecular weight excluding hydrogens is 228 g/mol. The Kier molecular flexibility index (Phi) is 2.44. The van der Waals surface area contributed by atoms with Crippen LogP contribution < -0.4 is 0 Å². The van der Waals surface area contributed by atoms with Crippen LogP contribution in [0.1, 0.15) is 52.9 Å². The first-order chi connectivity index (χ1) is 8.38. The molecule has 0 spiro atoms. The molecule has 2 fully saturated rings. The maximum Gasteiger partial charge on any atom is 0.312 e. The normalized spacial score (nSPS) is 47.7. The summed E-state index contributed by atoms with van der Waals surface area (Å²) in [6, 6.07) is 0. The third-order valence-electron chi connectivity index (χ3n) is 5.52. The van der Waals surface area contributed by atoms with Gasteiger partial charge in [-0.3, -0.25) is 4.79 Å². The van der Waals surface area contributed by atoms with Crippen LogP contribution in [0.5, 0.6) is 0 Å². The zero-order valence-electron chi connectivity index (χ0n) is 11.5. The number of fused-ring (bicyclic) bond motifs is 3. The number of aliphatic hydroxyl groups is 1. The predicted octanol–water partition coefficient (Wildman–Crippen LogP) is 2.58. The molecule has 1 N–H and O–H groups in total. The minimum Gasteiger partial charge on any atom is -0.454 e. The molecule has 1 saturated heterocycles. The summed E-state index contributed by atoms with van der Waals surface area (Å²) in [6.07, 6.45) is 4.69. The van der Waals surface area contributed by atoms with Crippen molar-refractivity contribution in [1.29, 1.82) is 0 Å². The monoisotopic (exact) mass is 250 g/mol. The molecule has 3 rings (SSSR count). The Morgan fingerprint density at radius 3 is 2.78 bits per heavy atom. The Bertz CT molecular complexity index is 439. The van der Waals surface area contributed by atoms with Crippen molar-refractivity contribution in [1.82, 2.24) is 0 Å². The second-order valence-corrected chi connectivity index (χ2v) is 6.64. The quantitative estimate of drug-likeness (QED) is 0.531. The third kappa shape index (κ3) is 1.37. The first-order valence-electron chi connectivity index (χ1n) is 7.01. The highest BCUT2D eigenvalue weighted by atomic mass is 16.6. The van der Waals surface area contributed by atoms with Crippen LogP contribution in [0.4, 0.5) is 0 Å². The summed E-state index contributed by atoms with van der Waals surface area (Å²) in [5, 5.41) is 10.8. The topological polar surface area (TPSA) is 46.5 Å². The van der Waals surface area contributed by atoms with Gasteiger partial charge in [-0.05, 0) is 56.9 Å². The summed E-state index contributed by atoms with van der Waals surface area (Å²) in [5.41, 5.74) is 1.71.